The lowest BCUT2D eigenvalue weighted by atomic mass is 10.0. The largest absolute Gasteiger partial charge is 0.483 e. The lowest BCUT2D eigenvalue weighted by Gasteiger charge is -2.14. The van der Waals surface area contributed by atoms with Crippen molar-refractivity contribution in [1.82, 2.24) is 5.32 Å². The van der Waals surface area contributed by atoms with Crippen molar-refractivity contribution >= 4 is 5.91 Å². The molecule has 0 aromatic heterocycles. The van der Waals surface area contributed by atoms with Crippen molar-refractivity contribution in [2.75, 3.05) is 13.2 Å². The number of aryl methyl sites for hydroxylation is 1. The van der Waals surface area contributed by atoms with Crippen LogP contribution in [0.2, 0.25) is 0 Å². The number of aliphatic hydroxyl groups excluding tert-OH is 1. The fourth-order valence-electron chi connectivity index (χ4n) is 1.64. The summed E-state index contributed by atoms with van der Waals surface area (Å²) in [5, 5.41) is 11.5. The normalized spacial score (nSPS) is 12.3. The van der Waals surface area contributed by atoms with E-state index in [1.54, 1.807) is 6.92 Å². The molecule has 0 radical (unpaired) electrons. The zero-order valence-electron chi connectivity index (χ0n) is 12.1. The molecule has 4 heteroatoms. The highest BCUT2D eigenvalue weighted by molar-refractivity contribution is 5.77. The van der Waals surface area contributed by atoms with Crippen LogP contribution in [0.5, 0.6) is 5.75 Å². The summed E-state index contributed by atoms with van der Waals surface area (Å²) in [5.74, 6) is 0.931. The molecule has 0 aliphatic carbocycles. The van der Waals surface area contributed by atoms with Crippen LogP contribution in [0.4, 0.5) is 0 Å². The maximum atomic E-state index is 11.6. The number of ether oxygens (including phenoxy) is 1. The molecule has 1 amide bonds. The van der Waals surface area contributed by atoms with Gasteiger partial charge in [0.1, 0.15) is 5.75 Å². The van der Waals surface area contributed by atoms with Crippen LogP contribution in [0, 0.1) is 6.92 Å². The number of carbonyl (C=O) groups is 1. The van der Waals surface area contributed by atoms with E-state index < -0.39 is 0 Å². The first-order valence-electron chi connectivity index (χ1n) is 6.57. The molecule has 106 valence electrons. The number of benzene rings is 1. The molecule has 1 atom stereocenters. The van der Waals surface area contributed by atoms with Gasteiger partial charge in [-0.1, -0.05) is 26.0 Å². The maximum Gasteiger partial charge on any atom is 0.258 e. The third kappa shape index (κ3) is 4.91. The number of hydrogen-bond donors (Lipinski definition) is 2. The summed E-state index contributed by atoms with van der Waals surface area (Å²) >= 11 is 0. The van der Waals surface area contributed by atoms with E-state index in [9.17, 15) is 4.79 Å². The second-order valence-electron chi connectivity index (χ2n) is 5.12. The van der Waals surface area contributed by atoms with Crippen LogP contribution in [0.15, 0.2) is 18.2 Å². The Morgan fingerprint density at radius 1 is 1.37 bits per heavy atom. The van der Waals surface area contributed by atoms with Crippen molar-refractivity contribution in [3.05, 3.63) is 29.3 Å². The molecule has 1 rings (SSSR count). The Morgan fingerprint density at radius 3 is 2.63 bits per heavy atom. The highest BCUT2D eigenvalue weighted by atomic mass is 16.5. The Bertz CT molecular complexity index is 429. The number of rotatable bonds is 6. The minimum atomic E-state index is -0.251. The molecule has 0 saturated heterocycles. The van der Waals surface area contributed by atoms with Gasteiger partial charge in [0.05, 0.1) is 6.61 Å². The van der Waals surface area contributed by atoms with Gasteiger partial charge >= 0.3 is 0 Å². The number of nitrogens with one attached hydrogen (secondary N) is 1. The number of carbonyl (C=O) groups excluding carboxylic acids is 1. The Morgan fingerprint density at radius 2 is 2.05 bits per heavy atom. The van der Waals surface area contributed by atoms with Crippen LogP contribution in [0.25, 0.3) is 0 Å². The van der Waals surface area contributed by atoms with Crippen molar-refractivity contribution in [2.45, 2.75) is 39.7 Å². The van der Waals surface area contributed by atoms with Gasteiger partial charge in [-0.2, -0.15) is 0 Å². The van der Waals surface area contributed by atoms with Gasteiger partial charge in [-0.25, -0.2) is 0 Å². The van der Waals surface area contributed by atoms with E-state index in [1.807, 2.05) is 19.1 Å². The summed E-state index contributed by atoms with van der Waals surface area (Å²) in [6.45, 7) is 7.81. The molecule has 0 bridgehead atoms. The lowest BCUT2D eigenvalue weighted by molar-refractivity contribution is -0.124. The first-order chi connectivity index (χ1) is 8.93. The van der Waals surface area contributed by atoms with Crippen LogP contribution in [0.3, 0.4) is 0 Å². The van der Waals surface area contributed by atoms with Gasteiger partial charge in [-0.3, -0.25) is 4.79 Å². The molecule has 4 nitrogen and oxygen atoms in total. The fourth-order valence-corrected chi connectivity index (χ4v) is 1.64. The molecule has 2 N–H and O–H groups in total. The SMILES string of the molecule is Cc1ccc(C(C)C)cc1OCC(=O)NC(C)CO. The van der Waals surface area contributed by atoms with Crippen molar-refractivity contribution in [2.24, 2.45) is 0 Å². The minimum absolute atomic E-state index is 0.0350. The van der Waals surface area contributed by atoms with Gasteiger partial charge in [0.15, 0.2) is 6.61 Å². The van der Waals surface area contributed by atoms with Gasteiger partial charge < -0.3 is 15.2 Å². The monoisotopic (exact) mass is 265 g/mol. The molecule has 19 heavy (non-hydrogen) atoms. The second kappa shape index (κ2) is 7.14. The van der Waals surface area contributed by atoms with E-state index in [1.165, 1.54) is 5.56 Å². The Balaban J connectivity index is 2.62. The van der Waals surface area contributed by atoms with Gasteiger partial charge in [0.2, 0.25) is 0 Å². The van der Waals surface area contributed by atoms with Gasteiger partial charge in [0.25, 0.3) is 5.91 Å². The van der Waals surface area contributed by atoms with E-state index in [4.69, 9.17) is 9.84 Å². The summed E-state index contributed by atoms with van der Waals surface area (Å²) < 4.78 is 5.54. The molecular formula is C15H23NO3. The summed E-state index contributed by atoms with van der Waals surface area (Å²) in [7, 11) is 0. The van der Waals surface area contributed by atoms with Crippen LogP contribution in [-0.2, 0) is 4.79 Å². The van der Waals surface area contributed by atoms with E-state index in [2.05, 4.69) is 25.2 Å². The molecule has 0 saturated carbocycles. The van der Waals surface area contributed by atoms with Crippen LogP contribution >= 0.6 is 0 Å². The minimum Gasteiger partial charge on any atom is -0.483 e. The van der Waals surface area contributed by atoms with Crippen LogP contribution < -0.4 is 10.1 Å². The molecule has 1 aromatic carbocycles. The molecular weight excluding hydrogens is 242 g/mol. The van der Waals surface area contributed by atoms with Gasteiger partial charge in [-0.05, 0) is 37.0 Å². The van der Waals surface area contributed by atoms with E-state index in [-0.39, 0.29) is 25.2 Å². The molecule has 1 unspecified atom stereocenters. The third-order valence-electron chi connectivity index (χ3n) is 2.92. The van der Waals surface area contributed by atoms with Crippen molar-refractivity contribution in [1.29, 1.82) is 0 Å². The molecule has 1 aromatic rings. The quantitative estimate of drug-likeness (QED) is 0.827. The molecule has 0 fully saturated rings. The summed E-state index contributed by atoms with van der Waals surface area (Å²) in [5.41, 5.74) is 2.19. The first kappa shape index (κ1) is 15.5. The first-order valence-corrected chi connectivity index (χ1v) is 6.57. The van der Waals surface area contributed by atoms with E-state index in [0.717, 1.165) is 11.3 Å². The lowest BCUT2D eigenvalue weighted by Crippen LogP contribution is -2.38. The number of amides is 1. The van der Waals surface area contributed by atoms with Gasteiger partial charge in [0, 0.05) is 6.04 Å². The average molecular weight is 265 g/mol. The third-order valence-corrected chi connectivity index (χ3v) is 2.92. The topological polar surface area (TPSA) is 58.6 Å². The zero-order chi connectivity index (χ0) is 14.4. The second-order valence-corrected chi connectivity index (χ2v) is 5.12. The Kier molecular flexibility index (Phi) is 5.83. The van der Waals surface area contributed by atoms with E-state index >= 15 is 0 Å². The number of aliphatic hydroxyl groups is 1. The summed E-state index contributed by atoms with van der Waals surface area (Å²) in [6.07, 6.45) is 0. The Labute approximate surface area is 114 Å². The standard InChI is InChI=1S/C15H23NO3/c1-10(2)13-6-5-11(3)14(7-13)19-9-15(18)16-12(4)8-17/h5-7,10,12,17H,8-9H2,1-4H3,(H,16,18). The maximum absolute atomic E-state index is 11.6. The Hall–Kier alpha value is -1.55. The highest BCUT2D eigenvalue weighted by Crippen LogP contribution is 2.24. The predicted octanol–water partition coefficient (Wildman–Crippen LogP) is 1.99. The average Bonchev–Trinajstić information content (AvgIpc) is 2.37. The van der Waals surface area contributed by atoms with Crippen molar-refractivity contribution in [3.8, 4) is 5.75 Å². The highest BCUT2D eigenvalue weighted by Gasteiger charge is 2.09. The summed E-state index contributed by atoms with van der Waals surface area (Å²) in [6, 6.07) is 5.79. The predicted molar refractivity (Wildman–Crippen MR) is 75.5 cm³/mol. The summed E-state index contributed by atoms with van der Waals surface area (Å²) in [4.78, 5) is 11.6. The fraction of sp³-hybridized carbons (Fsp3) is 0.533. The molecule has 0 aliphatic heterocycles. The molecule has 0 spiro atoms. The van der Waals surface area contributed by atoms with Crippen LogP contribution in [-0.4, -0.2) is 30.3 Å². The van der Waals surface area contributed by atoms with E-state index in [0.29, 0.717) is 5.92 Å². The smallest absolute Gasteiger partial charge is 0.258 e. The van der Waals surface area contributed by atoms with Gasteiger partial charge in [-0.15, -0.1) is 0 Å². The van der Waals surface area contributed by atoms with Crippen molar-refractivity contribution < 1.29 is 14.6 Å². The molecule has 0 heterocycles. The number of hydrogen-bond acceptors (Lipinski definition) is 3. The van der Waals surface area contributed by atoms with Crippen LogP contribution in [0.1, 0.15) is 37.8 Å². The zero-order valence-corrected chi connectivity index (χ0v) is 12.1. The van der Waals surface area contributed by atoms with Crippen molar-refractivity contribution in [3.63, 3.8) is 0 Å². The molecule has 0 aliphatic rings.